The molecule has 33 heavy (non-hydrogen) atoms. The number of hydrogen-bond donors (Lipinski definition) is 0. The Morgan fingerprint density at radius 1 is 0.667 bits per heavy atom. The Labute approximate surface area is 192 Å². The normalized spacial score (nSPS) is 21.0. The van der Waals surface area contributed by atoms with Crippen LogP contribution in [0, 0.1) is 17.8 Å². The third kappa shape index (κ3) is 3.29. The molecule has 1 aliphatic carbocycles. The van der Waals surface area contributed by atoms with Crippen molar-refractivity contribution in [3.63, 3.8) is 0 Å². The maximum absolute atomic E-state index is 13.4. The first-order valence-corrected chi connectivity index (χ1v) is 11.6. The van der Waals surface area contributed by atoms with Crippen molar-refractivity contribution in [1.29, 1.82) is 0 Å². The average Bonchev–Trinajstić information content (AvgIpc) is 3.25. The van der Waals surface area contributed by atoms with E-state index in [9.17, 15) is 9.59 Å². The molecule has 0 N–H and O–H groups in total. The van der Waals surface area contributed by atoms with Crippen LogP contribution in [0.15, 0.2) is 72.8 Å². The summed E-state index contributed by atoms with van der Waals surface area (Å²) >= 11 is 0. The minimum absolute atomic E-state index is 0.0640. The molecule has 164 valence electrons. The third-order valence-electron chi connectivity index (χ3n) is 7.17. The first-order chi connectivity index (χ1) is 16.1. The minimum Gasteiger partial charge on any atom is -0.425 e. The Bertz CT molecular complexity index is 1320. The fourth-order valence-corrected chi connectivity index (χ4v) is 5.57. The van der Waals surface area contributed by atoms with E-state index in [0.717, 1.165) is 51.9 Å². The van der Waals surface area contributed by atoms with Crippen LogP contribution in [0.3, 0.4) is 0 Å². The summed E-state index contributed by atoms with van der Waals surface area (Å²) < 4.78 is 12.0. The number of esters is 2. The second kappa shape index (κ2) is 7.73. The van der Waals surface area contributed by atoms with E-state index in [2.05, 4.69) is 6.92 Å². The summed E-state index contributed by atoms with van der Waals surface area (Å²) in [5, 5.41) is 3.95. The number of ether oxygens (including phenoxy) is 2. The smallest absolute Gasteiger partial charge is 0.326 e. The summed E-state index contributed by atoms with van der Waals surface area (Å²) in [5.74, 6) is -0.620. The van der Waals surface area contributed by atoms with Gasteiger partial charge < -0.3 is 9.47 Å². The van der Waals surface area contributed by atoms with Gasteiger partial charge >= 0.3 is 11.9 Å². The summed E-state index contributed by atoms with van der Waals surface area (Å²) in [6, 6.07) is 23.6. The molecule has 4 nitrogen and oxygen atoms in total. The van der Waals surface area contributed by atoms with Crippen molar-refractivity contribution in [2.75, 3.05) is 0 Å². The summed E-state index contributed by atoms with van der Waals surface area (Å²) in [4.78, 5) is 26.8. The van der Waals surface area contributed by atoms with E-state index >= 15 is 0 Å². The molecule has 0 bridgehead atoms. The Balaban J connectivity index is 1.65. The summed E-state index contributed by atoms with van der Waals surface area (Å²) in [6.07, 6.45) is 2.65. The van der Waals surface area contributed by atoms with E-state index in [0.29, 0.717) is 17.4 Å². The van der Waals surface area contributed by atoms with Crippen molar-refractivity contribution >= 4 is 33.5 Å². The van der Waals surface area contributed by atoms with E-state index < -0.39 is 17.9 Å². The largest absolute Gasteiger partial charge is 0.425 e. The SMILES string of the molecule is CC1CCC(C2C(=O)Oc3ccc4ccccc4c3-c3c(ccc4ccccc34)OC2=O)C1. The highest BCUT2D eigenvalue weighted by Gasteiger charge is 2.42. The van der Waals surface area contributed by atoms with Crippen molar-refractivity contribution in [2.24, 2.45) is 17.8 Å². The molecule has 4 heteroatoms. The van der Waals surface area contributed by atoms with Crippen LogP contribution in [0.5, 0.6) is 11.5 Å². The predicted octanol–water partition coefficient (Wildman–Crippen LogP) is 6.54. The molecule has 6 rings (SSSR count). The average molecular weight is 437 g/mol. The van der Waals surface area contributed by atoms with Crippen molar-refractivity contribution in [1.82, 2.24) is 0 Å². The van der Waals surface area contributed by atoms with Crippen LogP contribution < -0.4 is 9.47 Å². The monoisotopic (exact) mass is 436 g/mol. The molecule has 4 aromatic carbocycles. The lowest BCUT2D eigenvalue weighted by Crippen LogP contribution is -2.36. The van der Waals surface area contributed by atoms with Gasteiger partial charge in [0, 0.05) is 11.1 Å². The van der Waals surface area contributed by atoms with Crippen LogP contribution in [-0.2, 0) is 9.59 Å². The quantitative estimate of drug-likeness (QED) is 0.193. The van der Waals surface area contributed by atoms with Gasteiger partial charge in [-0.3, -0.25) is 9.59 Å². The van der Waals surface area contributed by atoms with Crippen molar-refractivity contribution in [2.45, 2.75) is 26.2 Å². The van der Waals surface area contributed by atoms with Crippen molar-refractivity contribution < 1.29 is 19.1 Å². The second-order valence-electron chi connectivity index (χ2n) is 9.32. The molecule has 0 spiro atoms. The molecule has 2 unspecified atom stereocenters. The van der Waals surface area contributed by atoms with Gasteiger partial charge in [0.25, 0.3) is 0 Å². The van der Waals surface area contributed by atoms with Crippen LogP contribution >= 0.6 is 0 Å². The van der Waals surface area contributed by atoms with Gasteiger partial charge in [-0.15, -0.1) is 0 Å². The number of fused-ring (bicyclic) bond motifs is 7. The third-order valence-corrected chi connectivity index (χ3v) is 7.17. The summed E-state index contributed by atoms with van der Waals surface area (Å²) in [7, 11) is 0. The molecule has 2 aliphatic rings. The van der Waals surface area contributed by atoms with Gasteiger partial charge in [0.2, 0.25) is 0 Å². The molecule has 1 saturated carbocycles. The van der Waals surface area contributed by atoms with E-state index in [1.807, 2.05) is 72.8 Å². The van der Waals surface area contributed by atoms with Crippen molar-refractivity contribution in [3.05, 3.63) is 72.8 Å². The number of hydrogen-bond acceptors (Lipinski definition) is 4. The van der Waals surface area contributed by atoms with Gasteiger partial charge in [0.05, 0.1) is 0 Å². The predicted molar refractivity (Wildman–Crippen MR) is 128 cm³/mol. The highest BCUT2D eigenvalue weighted by Crippen LogP contribution is 2.47. The Morgan fingerprint density at radius 2 is 1.18 bits per heavy atom. The van der Waals surface area contributed by atoms with Gasteiger partial charge in [0.15, 0.2) is 5.92 Å². The van der Waals surface area contributed by atoms with E-state index in [-0.39, 0.29) is 5.92 Å². The molecule has 1 aliphatic heterocycles. The molecule has 0 radical (unpaired) electrons. The zero-order valence-electron chi connectivity index (χ0n) is 18.4. The highest BCUT2D eigenvalue weighted by atomic mass is 16.6. The number of carbonyl (C=O) groups is 2. The van der Waals surface area contributed by atoms with E-state index in [1.54, 1.807) is 0 Å². The molecular weight excluding hydrogens is 412 g/mol. The lowest BCUT2D eigenvalue weighted by molar-refractivity contribution is -0.153. The van der Waals surface area contributed by atoms with Crippen LogP contribution in [0.4, 0.5) is 0 Å². The summed E-state index contributed by atoms with van der Waals surface area (Å²) in [5.41, 5.74) is 1.56. The lowest BCUT2D eigenvalue weighted by Gasteiger charge is -2.19. The maximum atomic E-state index is 13.4. The molecule has 2 atom stereocenters. The van der Waals surface area contributed by atoms with Gasteiger partial charge in [0.1, 0.15) is 11.5 Å². The second-order valence-corrected chi connectivity index (χ2v) is 9.32. The summed E-state index contributed by atoms with van der Waals surface area (Å²) in [6.45, 7) is 2.16. The van der Waals surface area contributed by atoms with Crippen LogP contribution in [-0.4, -0.2) is 11.9 Å². The van der Waals surface area contributed by atoms with Gasteiger partial charge in [-0.25, -0.2) is 0 Å². The zero-order valence-corrected chi connectivity index (χ0v) is 18.4. The number of benzene rings is 4. The van der Waals surface area contributed by atoms with E-state index in [1.165, 1.54) is 0 Å². The fourth-order valence-electron chi connectivity index (χ4n) is 5.57. The molecule has 4 aromatic rings. The number of rotatable bonds is 1. The topological polar surface area (TPSA) is 52.6 Å². The lowest BCUT2D eigenvalue weighted by atomic mass is 9.90. The van der Waals surface area contributed by atoms with Gasteiger partial charge in [-0.2, -0.15) is 0 Å². The zero-order chi connectivity index (χ0) is 22.5. The molecule has 0 aromatic heterocycles. The molecule has 1 heterocycles. The van der Waals surface area contributed by atoms with Crippen LogP contribution in [0.2, 0.25) is 0 Å². The van der Waals surface area contributed by atoms with E-state index in [4.69, 9.17) is 9.47 Å². The van der Waals surface area contributed by atoms with Gasteiger partial charge in [-0.05, 0) is 58.4 Å². The Morgan fingerprint density at radius 3 is 1.67 bits per heavy atom. The Hall–Kier alpha value is -3.66. The first-order valence-electron chi connectivity index (χ1n) is 11.6. The molecule has 1 fully saturated rings. The molecular formula is C29H24O4. The van der Waals surface area contributed by atoms with Crippen LogP contribution in [0.25, 0.3) is 32.7 Å². The van der Waals surface area contributed by atoms with Crippen molar-refractivity contribution in [3.8, 4) is 22.6 Å². The number of carbonyl (C=O) groups excluding carboxylic acids is 2. The fraction of sp³-hybridized carbons (Fsp3) is 0.241. The Kier molecular flexibility index (Phi) is 4.68. The molecule has 0 saturated heterocycles. The highest BCUT2D eigenvalue weighted by molar-refractivity contribution is 6.11. The standard InChI is InChI=1S/C29H24O4/c1-17-10-11-20(16-17)25-28(30)32-23-14-12-18-6-2-4-8-21(18)26(23)27-22-9-5-3-7-19(22)13-15-24(27)33-29(25)31/h2-9,12-15,17,20,25H,10-11,16H2,1H3. The minimum atomic E-state index is -0.924. The van der Waals surface area contributed by atoms with Crippen LogP contribution in [0.1, 0.15) is 26.2 Å². The first kappa shape index (κ1) is 20.0. The molecule has 0 amide bonds. The van der Waals surface area contributed by atoms with Gasteiger partial charge in [-0.1, -0.05) is 74.0 Å². The maximum Gasteiger partial charge on any atom is 0.326 e.